The van der Waals surface area contributed by atoms with Crippen LogP contribution in [0.2, 0.25) is 0 Å². The molecule has 0 radical (unpaired) electrons. The van der Waals surface area contributed by atoms with Crippen LogP contribution in [0.25, 0.3) is 11.3 Å². The second-order valence-electron chi connectivity index (χ2n) is 7.31. The normalized spacial score (nSPS) is 21.0. The average Bonchev–Trinajstić information content (AvgIpc) is 3.23. The second kappa shape index (κ2) is 6.23. The molecule has 136 valence electrons. The van der Waals surface area contributed by atoms with Crippen molar-refractivity contribution in [1.82, 2.24) is 14.5 Å². The standard InChI is InChI=1S/C21H19N3O3/c25-20(15-5-7-22-8-6-15)23-11-14-10-16(13-23)18-4-3-17(19-2-1-9-27-19)21(26)24(18)12-14/h1-9,14,16H,10-13H2/t14-,16+/m0/s1. The Labute approximate surface area is 156 Å². The first kappa shape index (κ1) is 16.1. The highest BCUT2D eigenvalue weighted by Crippen LogP contribution is 2.36. The molecule has 6 nitrogen and oxygen atoms in total. The van der Waals surface area contributed by atoms with Gasteiger partial charge in [-0.05, 0) is 48.7 Å². The van der Waals surface area contributed by atoms with Crippen molar-refractivity contribution in [2.75, 3.05) is 13.1 Å². The molecule has 2 bridgehead atoms. The number of furan rings is 1. The van der Waals surface area contributed by atoms with E-state index >= 15 is 0 Å². The molecule has 0 unspecified atom stereocenters. The molecule has 5 heterocycles. The van der Waals surface area contributed by atoms with E-state index < -0.39 is 0 Å². The number of nitrogens with zero attached hydrogens (tertiary/aromatic N) is 3. The van der Waals surface area contributed by atoms with Gasteiger partial charge < -0.3 is 13.9 Å². The summed E-state index contributed by atoms with van der Waals surface area (Å²) in [6.45, 7) is 1.95. The smallest absolute Gasteiger partial charge is 0.261 e. The molecule has 0 saturated carbocycles. The van der Waals surface area contributed by atoms with Gasteiger partial charge in [-0.15, -0.1) is 0 Å². The number of pyridine rings is 2. The van der Waals surface area contributed by atoms with Crippen molar-refractivity contribution in [2.24, 2.45) is 5.92 Å². The van der Waals surface area contributed by atoms with Crippen LogP contribution in [-0.4, -0.2) is 33.4 Å². The monoisotopic (exact) mass is 361 g/mol. The van der Waals surface area contributed by atoms with Crippen molar-refractivity contribution in [3.05, 3.63) is 76.7 Å². The van der Waals surface area contributed by atoms with Crippen molar-refractivity contribution >= 4 is 5.91 Å². The Hall–Kier alpha value is -3.15. The van der Waals surface area contributed by atoms with Crippen LogP contribution < -0.4 is 5.56 Å². The molecule has 0 spiro atoms. The highest BCUT2D eigenvalue weighted by Gasteiger charge is 2.37. The summed E-state index contributed by atoms with van der Waals surface area (Å²) in [6.07, 6.45) is 5.88. The van der Waals surface area contributed by atoms with E-state index in [0.717, 1.165) is 12.1 Å². The molecule has 3 aromatic heterocycles. The quantitative estimate of drug-likeness (QED) is 0.704. The summed E-state index contributed by atoms with van der Waals surface area (Å²) in [5.41, 5.74) is 2.26. The summed E-state index contributed by atoms with van der Waals surface area (Å²) in [5.74, 6) is 1.10. The molecular weight excluding hydrogens is 342 g/mol. The van der Waals surface area contributed by atoms with Crippen LogP contribution in [0.5, 0.6) is 0 Å². The van der Waals surface area contributed by atoms with E-state index in [-0.39, 0.29) is 23.3 Å². The van der Waals surface area contributed by atoms with Crippen molar-refractivity contribution in [1.29, 1.82) is 0 Å². The number of likely N-dealkylation sites (tertiary alicyclic amines) is 1. The lowest BCUT2D eigenvalue weighted by atomic mass is 9.82. The third kappa shape index (κ3) is 2.68. The summed E-state index contributed by atoms with van der Waals surface area (Å²) < 4.78 is 7.29. The number of amides is 1. The first-order chi connectivity index (χ1) is 13.2. The Morgan fingerprint density at radius 1 is 1.07 bits per heavy atom. The van der Waals surface area contributed by atoms with Gasteiger partial charge in [0.05, 0.1) is 11.8 Å². The van der Waals surface area contributed by atoms with Gasteiger partial charge >= 0.3 is 0 Å². The highest BCUT2D eigenvalue weighted by atomic mass is 16.3. The van der Waals surface area contributed by atoms with Gasteiger partial charge in [-0.1, -0.05) is 0 Å². The number of fused-ring (bicyclic) bond motifs is 4. The Kier molecular flexibility index (Phi) is 3.70. The predicted octanol–water partition coefficient (Wildman–Crippen LogP) is 2.76. The molecule has 1 fully saturated rings. The molecule has 2 aliphatic rings. The Bertz CT molecular complexity index is 1040. The first-order valence-corrected chi connectivity index (χ1v) is 9.17. The van der Waals surface area contributed by atoms with Crippen LogP contribution in [-0.2, 0) is 6.54 Å². The van der Waals surface area contributed by atoms with E-state index in [0.29, 0.717) is 36.5 Å². The number of carbonyl (C=O) groups is 1. The van der Waals surface area contributed by atoms with Gasteiger partial charge in [-0.3, -0.25) is 14.6 Å². The fraction of sp³-hybridized carbons (Fsp3) is 0.286. The minimum atomic E-state index is -0.00828. The SMILES string of the molecule is O=C(c1ccncc1)N1C[C@@H]2C[C@H](C1)c1ccc(-c3ccco3)c(=O)n1C2. The van der Waals surface area contributed by atoms with Crippen molar-refractivity contribution in [3.8, 4) is 11.3 Å². The van der Waals surface area contributed by atoms with Crippen LogP contribution in [0, 0.1) is 5.92 Å². The molecule has 2 atom stereocenters. The van der Waals surface area contributed by atoms with Gasteiger partial charge in [0, 0.05) is 49.2 Å². The topological polar surface area (TPSA) is 68.3 Å². The lowest BCUT2D eigenvalue weighted by Gasteiger charge is -2.42. The number of hydrogen-bond donors (Lipinski definition) is 0. The third-order valence-corrected chi connectivity index (χ3v) is 5.61. The van der Waals surface area contributed by atoms with Crippen LogP contribution in [0.1, 0.15) is 28.4 Å². The largest absolute Gasteiger partial charge is 0.464 e. The fourth-order valence-corrected chi connectivity index (χ4v) is 4.41. The molecule has 0 aliphatic carbocycles. The maximum absolute atomic E-state index is 13.0. The first-order valence-electron chi connectivity index (χ1n) is 9.17. The van der Waals surface area contributed by atoms with Crippen LogP contribution in [0.3, 0.4) is 0 Å². The molecule has 27 heavy (non-hydrogen) atoms. The number of carbonyl (C=O) groups excluding carboxylic acids is 1. The highest BCUT2D eigenvalue weighted by molar-refractivity contribution is 5.94. The Morgan fingerprint density at radius 3 is 2.70 bits per heavy atom. The van der Waals surface area contributed by atoms with E-state index in [2.05, 4.69) is 4.98 Å². The zero-order chi connectivity index (χ0) is 18.4. The lowest BCUT2D eigenvalue weighted by Crippen LogP contribution is -2.49. The molecule has 3 aromatic rings. The van der Waals surface area contributed by atoms with Gasteiger partial charge in [0.25, 0.3) is 11.5 Å². The van der Waals surface area contributed by atoms with Crippen molar-refractivity contribution in [3.63, 3.8) is 0 Å². The summed E-state index contributed by atoms with van der Waals surface area (Å²) in [6, 6.07) is 11.0. The van der Waals surface area contributed by atoms with Gasteiger partial charge in [0.1, 0.15) is 5.76 Å². The molecular formula is C21H19N3O3. The minimum absolute atomic E-state index is 0.00828. The van der Waals surface area contributed by atoms with Gasteiger partial charge in [-0.2, -0.15) is 0 Å². The van der Waals surface area contributed by atoms with Gasteiger partial charge in [-0.25, -0.2) is 0 Å². The van der Waals surface area contributed by atoms with Crippen LogP contribution in [0.15, 0.2) is 64.3 Å². The Balaban J connectivity index is 1.47. The van der Waals surface area contributed by atoms with E-state index in [1.54, 1.807) is 36.9 Å². The molecule has 1 amide bonds. The number of aromatic nitrogens is 2. The number of rotatable bonds is 2. The van der Waals surface area contributed by atoms with Crippen molar-refractivity contribution < 1.29 is 9.21 Å². The van der Waals surface area contributed by atoms with E-state index in [4.69, 9.17) is 4.42 Å². The summed E-state index contributed by atoms with van der Waals surface area (Å²) in [7, 11) is 0. The molecule has 2 aliphatic heterocycles. The second-order valence-corrected chi connectivity index (χ2v) is 7.31. The predicted molar refractivity (Wildman–Crippen MR) is 99.4 cm³/mol. The maximum Gasteiger partial charge on any atom is 0.261 e. The molecule has 6 heteroatoms. The minimum Gasteiger partial charge on any atom is -0.464 e. The molecule has 5 rings (SSSR count). The lowest BCUT2D eigenvalue weighted by molar-refractivity contribution is 0.0594. The van der Waals surface area contributed by atoms with Gasteiger partial charge in [0.2, 0.25) is 0 Å². The van der Waals surface area contributed by atoms with E-state index in [1.165, 1.54) is 0 Å². The number of hydrogen-bond acceptors (Lipinski definition) is 4. The average molecular weight is 361 g/mol. The summed E-state index contributed by atoms with van der Waals surface area (Å²) >= 11 is 0. The van der Waals surface area contributed by atoms with E-state index in [9.17, 15) is 9.59 Å². The Morgan fingerprint density at radius 2 is 1.93 bits per heavy atom. The fourth-order valence-electron chi connectivity index (χ4n) is 4.41. The van der Waals surface area contributed by atoms with E-state index in [1.807, 2.05) is 27.7 Å². The van der Waals surface area contributed by atoms with Crippen LogP contribution >= 0.6 is 0 Å². The zero-order valence-electron chi connectivity index (χ0n) is 14.7. The van der Waals surface area contributed by atoms with Crippen molar-refractivity contribution in [2.45, 2.75) is 18.9 Å². The molecule has 1 saturated heterocycles. The number of piperidine rings is 1. The third-order valence-electron chi connectivity index (χ3n) is 5.61. The summed E-state index contributed by atoms with van der Waals surface area (Å²) in [4.78, 5) is 31.7. The van der Waals surface area contributed by atoms with Gasteiger partial charge in [0.15, 0.2) is 0 Å². The zero-order valence-corrected chi connectivity index (χ0v) is 14.7. The molecule has 0 aromatic carbocycles. The van der Waals surface area contributed by atoms with Crippen LogP contribution in [0.4, 0.5) is 0 Å². The summed E-state index contributed by atoms with van der Waals surface area (Å²) in [5, 5.41) is 0. The maximum atomic E-state index is 13.0. The molecule has 0 N–H and O–H groups in total.